The number of carbonyl (C=O) groups is 1. The molecule has 0 unspecified atom stereocenters. The van der Waals surface area contributed by atoms with E-state index < -0.39 is 18.5 Å². The SMILES string of the molecule is [2H]C([2H])([2H])[N+](CCOC(=O)C1(O)c2ccccc2Oc2ccccc21)(C(C)C)C(C)C.[Br-]. The Balaban J connectivity index is 0.00000363. The topological polar surface area (TPSA) is 55.8 Å². The van der Waals surface area contributed by atoms with Gasteiger partial charge in [-0.25, -0.2) is 4.79 Å². The summed E-state index contributed by atoms with van der Waals surface area (Å²) < 4.78 is 35.5. The third kappa shape index (κ3) is 4.06. The molecule has 0 saturated heterocycles. The van der Waals surface area contributed by atoms with Crippen LogP contribution < -0.4 is 21.7 Å². The first kappa shape index (κ1) is 19.1. The van der Waals surface area contributed by atoms with Gasteiger partial charge in [0.1, 0.15) is 24.7 Å². The zero-order valence-electron chi connectivity index (χ0n) is 20.2. The van der Waals surface area contributed by atoms with E-state index in [1.807, 2.05) is 27.7 Å². The Hall–Kier alpha value is -1.89. The molecule has 1 aliphatic rings. The second kappa shape index (κ2) is 8.86. The fourth-order valence-electron chi connectivity index (χ4n) is 3.70. The molecule has 0 saturated carbocycles. The molecular weight excluding hydrogens is 434 g/mol. The van der Waals surface area contributed by atoms with Crippen molar-refractivity contribution in [1.82, 2.24) is 0 Å². The Morgan fingerprint density at radius 3 is 2.00 bits per heavy atom. The molecule has 0 aromatic heterocycles. The van der Waals surface area contributed by atoms with Gasteiger partial charge in [-0.3, -0.25) is 0 Å². The van der Waals surface area contributed by atoms with Crippen LogP contribution in [0.5, 0.6) is 11.5 Å². The molecule has 0 fully saturated rings. The van der Waals surface area contributed by atoms with Gasteiger partial charge < -0.3 is 36.0 Å². The second-order valence-electron chi connectivity index (χ2n) is 7.78. The summed E-state index contributed by atoms with van der Waals surface area (Å²) in [7, 11) is 0. The molecule has 1 heterocycles. The third-order valence-electron chi connectivity index (χ3n) is 5.61. The fraction of sp³-hybridized carbons (Fsp3) is 0.435. The first-order valence-corrected chi connectivity index (χ1v) is 9.60. The molecule has 1 aliphatic heterocycles. The Kier molecular flexibility index (Phi) is 5.83. The highest BCUT2D eigenvalue weighted by Crippen LogP contribution is 2.47. The van der Waals surface area contributed by atoms with Crippen molar-refractivity contribution >= 4 is 5.97 Å². The number of fused-ring (bicyclic) bond motifs is 2. The van der Waals surface area contributed by atoms with E-state index in [2.05, 4.69) is 0 Å². The number of esters is 1. The van der Waals surface area contributed by atoms with Crippen molar-refractivity contribution in [2.24, 2.45) is 0 Å². The maximum atomic E-state index is 13.2. The van der Waals surface area contributed by atoms with Gasteiger partial charge in [0, 0.05) is 11.1 Å². The maximum Gasteiger partial charge on any atom is 0.348 e. The van der Waals surface area contributed by atoms with Crippen LogP contribution in [0.4, 0.5) is 0 Å². The molecule has 6 heteroatoms. The van der Waals surface area contributed by atoms with Crippen LogP contribution >= 0.6 is 0 Å². The minimum Gasteiger partial charge on any atom is -1.00 e. The largest absolute Gasteiger partial charge is 1.00 e. The van der Waals surface area contributed by atoms with Gasteiger partial charge in [0.25, 0.3) is 0 Å². The lowest BCUT2D eigenvalue weighted by molar-refractivity contribution is -0.949. The zero-order chi connectivity index (χ0) is 23.0. The quantitative estimate of drug-likeness (QED) is 0.506. The molecule has 2 aromatic rings. The lowest BCUT2D eigenvalue weighted by Gasteiger charge is -2.42. The van der Waals surface area contributed by atoms with Crippen molar-refractivity contribution < 1.29 is 45.0 Å². The summed E-state index contributed by atoms with van der Waals surface area (Å²) in [5.74, 6) is -0.109. The highest BCUT2D eigenvalue weighted by atomic mass is 79.9. The predicted molar refractivity (Wildman–Crippen MR) is 108 cm³/mol. The first-order chi connectivity index (χ1) is 14.5. The van der Waals surface area contributed by atoms with E-state index in [9.17, 15) is 9.90 Å². The highest BCUT2D eigenvalue weighted by molar-refractivity contribution is 5.88. The molecule has 5 nitrogen and oxygen atoms in total. The van der Waals surface area contributed by atoms with Crippen molar-refractivity contribution in [2.45, 2.75) is 45.4 Å². The lowest BCUT2D eigenvalue weighted by atomic mass is 9.83. The summed E-state index contributed by atoms with van der Waals surface area (Å²) in [6.07, 6.45) is 0. The van der Waals surface area contributed by atoms with Crippen LogP contribution in [0, 0.1) is 0 Å². The van der Waals surface area contributed by atoms with E-state index >= 15 is 0 Å². The van der Waals surface area contributed by atoms with E-state index in [4.69, 9.17) is 13.6 Å². The molecule has 1 N–H and O–H groups in total. The number of para-hydroxylation sites is 2. The molecule has 0 radical (unpaired) electrons. The summed E-state index contributed by atoms with van der Waals surface area (Å²) in [4.78, 5) is 13.2. The van der Waals surface area contributed by atoms with Gasteiger partial charge in [0.05, 0.1) is 23.2 Å². The van der Waals surface area contributed by atoms with E-state index in [-0.39, 0.29) is 46.7 Å². The van der Waals surface area contributed by atoms with Gasteiger partial charge in [0.15, 0.2) is 0 Å². The maximum absolute atomic E-state index is 13.2. The number of aliphatic hydroxyl groups is 1. The van der Waals surface area contributed by atoms with Crippen LogP contribution in [-0.2, 0) is 15.1 Å². The molecule has 29 heavy (non-hydrogen) atoms. The molecule has 158 valence electrons. The molecule has 2 aromatic carbocycles. The number of likely N-dealkylation sites (N-methyl/N-ethyl adjacent to an activating group) is 1. The number of halogens is 1. The Morgan fingerprint density at radius 1 is 1.07 bits per heavy atom. The number of benzene rings is 2. The second-order valence-corrected chi connectivity index (χ2v) is 7.78. The zero-order valence-corrected chi connectivity index (χ0v) is 18.8. The Morgan fingerprint density at radius 2 is 1.55 bits per heavy atom. The summed E-state index contributed by atoms with van der Waals surface area (Å²) in [5.41, 5.74) is -1.46. The Bertz CT molecular complexity index is 909. The predicted octanol–water partition coefficient (Wildman–Crippen LogP) is 0.839. The number of hydrogen-bond donors (Lipinski definition) is 1. The van der Waals surface area contributed by atoms with Gasteiger partial charge in [0.2, 0.25) is 5.60 Å². The lowest BCUT2D eigenvalue weighted by Crippen LogP contribution is -3.00. The molecule has 0 bridgehead atoms. The summed E-state index contributed by atoms with van der Waals surface area (Å²) in [6, 6.07) is 13.1. The molecule has 0 aliphatic carbocycles. The van der Waals surface area contributed by atoms with Gasteiger partial charge in [-0.1, -0.05) is 36.4 Å². The average molecular weight is 467 g/mol. The van der Waals surface area contributed by atoms with Gasteiger partial charge in [-0.05, 0) is 39.8 Å². The highest BCUT2D eigenvalue weighted by Gasteiger charge is 2.48. The van der Waals surface area contributed by atoms with Crippen molar-refractivity contribution in [1.29, 1.82) is 0 Å². The number of ether oxygens (including phenoxy) is 2. The molecule has 3 rings (SSSR count). The van der Waals surface area contributed by atoms with Crippen molar-refractivity contribution in [3.8, 4) is 11.5 Å². The van der Waals surface area contributed by atoms with Crippen LogP contribution in [0.15, 0.2) is 48.5 Å². The van der Waals surface area contributed by atoms with Crippen molar-refractivity contribution in [3.05, 3.63) is 59.7 Å². The van der Waals surface area contributed by atoms with E-state index in [0.717, 1.165) is 0 Å². The van der Waals surface area contributed by atoms with E-state index in [0.29, 0.717) is 22.6 Å². The number of carbonyl (C=O) groups excluding carboxylic acids is 1. The number of hydrogen-bond acceptors (Lipinski definition) is 4. The molecular formula is C23H30BrNO4. The number of nitrogens with zero attached hydrogens (tertiary/aromatic N) is 1. The van der Waals surface area contributed by atoms with Gasteiger partial charge in [-0.15, -0.1) is 0 Å². The summed E-state index contributed by atoms with van der Waals surface area (Å²) in [6.45, 7) is 5.11. The standard InChI is InChI=1S/C23H30NO4.BrH/c1-16(2)24(5,17(3)4)14-15-27-22(25)23(26)18-10-6-8-12-20(18)28-21-13-9-7-11-19(21)23;/h6-13,16-17,26H,14-15H2,1-5H3;1H/q+1;/p-1/i5D3;. The van der Waals surface area contributed by atoms with Crippen LogP contribution in [0.25, 0.3) is 0 Å². The van der Waals surface area contributed by atoms with Gasteiger partial charge >= 0.3 is 5.97 Å². The van der Waals surface area contributed by atoms with Crippen molar-refractivity contribution in [2.75, 3.05) is 20.1 Å². The van der Waals surface area contributed by atoms with Crippen molar-refractivity contribution in [3.63, 3.8) is 0 Å². The van der Waals surface area contributed by atoms with E-state index in [1.54, 1.807) is 48.5 Å². The third-order valence-corrected chi connectivity index (χ3v) is 5.61. The smallest absolute Gasteiger partial charge is 0.348 e. The van der Waals surface area contributed by atoms with Crippen LogP contribution in [0.1, 0.15) is 42.9 Å². The molecule has 0 amide bonds. The van der Waals surface area contributed by atoms with E-state index in [1.165, 1.54) is 0 Å². The first-order valence-electron chi connectivity index (χ1n) is 11.1. The minimum atomic E-state index is -2.27. The molecule has 0 spiro atoms. The number of rotatable bonds is 6. The van der Waals surface area contributed by atoms with Gasteiger partial charge in [-0.2, -0.15) is 0 Å². The molecule has 0 atom stereocenters. The fourth-order valence-corrected chi connectivity index (χ4v) is 3.70. The van der Waals surface area contributed by atoms with Crippen LogP contribution in [-0.4, -0.2) is 47.8 Å². The average Bonchev–Trinajstić information content (AvgIpc) is 2.69. The normalized spacial score (nSPS) is 16.4. The monoisotopic (exact) mass is 466 g/mol. The summed E-state index contributed by atoms with van der Waals surface area (Å²) >= 11 is 0. The Labute approximate surface area is 187 Å². The minimum absolute atomic E-state index is 0. The summed E-state index contributed by atoms with van der Waals surface area (Å²) in [5, 5.41) is 11.6. The number of quaternary nitrogens is 1. The van der Waals surface area contributed by atoms with Crippen LogP contribution in [0.3, 0.4) is 0 Å². The van der Waals surface area contributed by atoms with Crippen LogP contribution in [0.2, 0.25) is 0 Å².